The van der Waals surface area contributed by atoms with Crippen molar-refractivity contribution in [2.45, 2.75) is 31.9 Å². The first-order valence-corrected chi connectivity index (χ1v) is 7.44. The summed E-state index contributed by atoms with van der Waals surface area (Å²) in [5.41, 5.74) is 5.31. The van der Waals surface area contributed by atoms with Gasteiger partial charge in [0.25, 0.3) is 0 Å². The van der Waals surface area contributed by atoms with E-state index in [1.165, 1.54) is 27.7 Å². The van der Waals surface area contributed by atoms with Gasteiger partial charge in [0.2, 0.25) is 0 Å². The number of hydrogen-bond acceptors (Lipinski definition) is 2. The second-order valence-electron chi connectivity index (χ2n) is 5.99. The number of nitrogens with one attached hydrogen (secondary N) is 1. The number of aromatic amines is 1. The summed E-state index contributed by atoms with van der Waals surface area (Å²) in [6.45, 7) is 3.85. The van der Waals surface area contributed by atoms with Crippen LogP contribution >= 0.6 is 0 Å². The molecule has 1 unspecified atom stereocenters. The van der Waals surface area contributed by atoms with E-state index in [1.54, 1.807) is 0 Å². The predicted octanol–water partition coefficient (Wildman–Crippen LogP) is 2.78. The zero-order valence-electron chi connectivity index (χ0n) is 11.8. The highest BCUT2D eigenvalue weighted by Crippen LogP contribution is 2.39. The third-order valence-corrected chi connectivity index (χ3v) is 4.80. The Labute approximate surface area is 118 Å². The van der Waals surface area contributed by atoms with E-state index in [0.717, 1.165) is 25.9 Å². The van der Waals surface area contributed by atoms with Gasteiger partial charge in [-0.2, -0.15) is 0 Å². The van der Waals surface area contributed by atoms with Crippen LogP contribution in [0.3, 0.4) is 0 Å². The van der Waals surface area contributed by atoms with Gasteiger partial charge in [-0.3, -0.25) is 4.90 Å². The number of rotatable bonds is 1. The second kappa shape index (κ2) is 4.47. The van der Waals surface area contributed by atoms with Gasteiger partial charge < -0.3 is 10.1 Å². The first-order valence-electron chi connectivity index (χ1n) is 7.44. The molecule has 0 fully saturated rings. The lowest BCUT2D eigenvalue weighted by Crippen LogP contribution is -2.40. The van der Waals surface area contributed by atoms with Crippen LogP contribution < -0.4 is 0 Å². The smallest absolute Gasteiger partial charge is 0.0734 e. The monoisotopic (exact) mass is 268 g/mol. The van der Waals surface area contributed by atoms with Gasteiger partial charge >= 0.3 is 0 Å². The molecule has 104 valence electrons. The number of hydrogen-bond donors (Lipinski definition) is 2. The number of aromatic nitrogens is 1. The standard InChI is InChI=1S/C17H20N2O/c1-11(20)12-6-7-16-17-14(8-9-19(16)10-12)13-4-2-3-5-15(13)18-17/h2-6,11,16,18,20H,7-10H2,1H3/t11?,16-/m0/s1. The third-order valence-electron chi connectivity index (χ3n) is 4.80. The van der Waals surface area contributed by atoms with Crippen molar-refractivity contribution < 1.29 is 5.11 Å². The normalized spacial score (nSPS) is 24.1. The van der Waals surface area contributed by atoms with E-state index in [2.05, 4.69) is 40.2 Å². The largest absolute Gasteiger partial charge is 0.389 e. The van der Waals surface area contributed by atoms with Crippen molar-refractivity contribution in [1.29, 1.82) is 0 Å². The molecule has 2 aliphatic heterocycles. The van der Waals surface area contributed by atoms with Gasteiger partial charge in [0.1, 0.15) is 0 Å². The average Bonchev–Trinajstić information content (AvgIpc) is 2.85. The molecule has 1 aromatic heterocycles. The molecular formula is C17H20N2O. The molecule has 4 rings (SSSR count). The number of aliphatic hydroxyl groups excluding tert-OH is 1. The van der Waals surface area contributed by atoms with Crippen LogP contribution in [-0.2, 0) is 6.42 Å². The lowest BCUT2D eigenvalue weighted by Gasteiger charge is -2.39. The summed E-state index contributed by atoms with van der Waals surface area (Å²) in [5, 5.41) is 11.2. The molecule has 0 saturated heterocycles. The van der Waals surface area contributed by atoms with E-state index in [1.807, 2.05) is 6.92 Å². The van der Waals surface area contributed by atoms with E-state index in [-0.39, 0.29) is 6.10 Å². The van der Waals surface area contributed by atoms with Crippen molar-refractivity contribution in [3.8, 4) is 0 Å². The lowest BCUT2D eigenvalue weighted by molar-refractivity contribution is 0.156. The lowest BCUT2D eigenvalue weighted by atomic mass is 9.90. The van der Waals surface area contributed by atoms with Crippen molar-refractivity contribution in [3.63, 3.8) is 0 Å². The average molecular weight is 268 g/mol. The van der Waals surface area contributed by atoms with Gasteiger partial charge in [0.05, 0.1) is 12.1 Å². The molecule has 1 aromatic carbocycles. The van der Waals surface area contributed by atoms with Gasteiger partial charge in [0.15, 0.2) is 0 Å². The highest BCUT2D eigenvalue weighted by Gasteiger charge is 2.32. The van der Waals surface area contributed by atoms with Gasteiger partial charge in [-0.05, 0) is 37.0 Å². The molecule has 2 N–H and O–H groups in total. The van der Waals surface area contributed by atoms with Crippen LogP contribution in [0.2, 0.25) is 0 Å². The molecule has 0 spiro atoms. The SMILES string of the molecule is CC(O)C1=CC[C@H]2c3[nH]c4ccccc4c3CCN2C1. The maximum absolute atomic E-state index is 9.77. The van der Waals surface area contributed by atoms with Gasteiger partial charge in [-0.25, -0.2) is 0 Å². The minimum atomic E-state index is -0.319. The first-order chi connectivity index (χ1) is 9.74. The summed E-state index contributed by atoms with van der Waals surface area (Å²) in [6, 6.07) is 9.05. The molecule has 2 aromatic rings. The van der Waals surface area contributed by atoms with Crippen molar-refractivity contribution >= 4 is 10.9 Å². The summed E-state index contributed by atoms with van der Waals surface area (Å²) < 4.78 is 0. The number of benzene rings is 1. The zero-order valence-corrected chi connectivity index (χ0v) is 11.8. The van der Waals surface area contributed by atoms with Crippen molar-refractivity contribution in [3.05, 3.63) is 47.2 Å². The van der Waals surface area contributed by atoms with Gasteiger partial charge in [0, 0.05) is 29.7 Å². The minimum Gasteiger partial charge on any atom is -0.389 e. The Morgan fingerprint density at radius 2 is 2.20 bits per heavy atom. The predicted molar refractivity (Wildman–Crippen MR) is 80.7 cm³/mol. The van der Waals surface area contributed by atoms with Crippen molar-refractivity contribution in [2.75, 3.05) is 13.1 Å². The first kappa shape index (κ1) is 12.2. The summed E-state index contributed by atoms with van der Waals surface area (Å²) >= 11 is 0. The Balaban J connectivity index is 1.77. The zero-order chi connectivity index (χ0) is 13.7. The fraction of sp³-hybridized carbons (Fsp3) is 0.412. The molecule has 0 radical (unpaired) electrons. The van der Waals surface area contributed by atoms with Crippen LogP contribution in [0.4, 0.5) is 0 Å². The van der Waals surface area contributed by atoms with Crippen LogP contribution in [0.25, 0.3) is 10.9 Å². The molecule has 3 nitrogen and oxygen atoms in total. The summed E-state index contributed by atoms with van der Waals surface area (Å²) in [6.07, 6.45) is 4.01. The topological polar surface area (TPSA) is 39.3 Å². The van der Waals surface area contributed by atoms with Crippen LogP contribution in [0, 0.1) is 0 Å². The summed E-state index contributed by atoms with van der Waals surface area (Å²) in [5.74, 6) is 0. The second-order valence-corrected chi connectivity index (χ2v) is 5.99. The summed E-state index contributed by atoms with van der Waals surface area (Å²) in [7, 11) is 0. The number of para-hydroxylation sites is 1. The van der Waals surface area contributed by atoms with Crippen LogP contribution in [0.5, 0.6) is 0 Å². The van der Waals surface area contributed by atoms with Crippen LogP contribution in [0.1, 0.15) is 30.6 Å². The van der Waals surface area contributed by atoms with Crippen molar-refractivity contribution in [2.24, 2.45) is 0 Å². The van der Waals surface area contributed by atoms with Gasteiger partial charge in [-0.1, -0.05) is 24.3 Å². The molecule has 3 heterocycles. The molecule has 3 heteroatoms. The number of aliphatic hydroxyl groups is 1. The minimum absolute atomic E-state index is 0.319. The highest BCUT2D eigenvalue weighted by molar-refractivity contribution is 5.85. The Morgan fingerprint density at radius 1 is 1.35 bits per heavy atom. The van der Waals surface area contributed by atoms with E-state index < -0.39 is 0 Å². The number of fused-ring (bicyclic) bond motifs is 5. The Morgan fingerprint density at radius 3 is 3.05 bits per heavy atom. The molecule has 0 saturated carbocycles. The molecule has 20 heavy (non-hydrogen) atoms. The molecule has 0 aliphatic carbocycles. The maximum atomic E-state index is 9.77. The third kappa shape index (κ3) is 1.74. The fourth-order valence-corrected chi connectivity index (χ4v) is 3.69. The molecule has 0 bridgehead atoms. The van der Waals surface area contributed by atoms with Crippen LogP contribution in [0.15, 0.2) is 35.9 Å². The molecular weight excluding hydrogens is 248 g/mol. The van der Waals surface area contributed by atoms with E-state index >= 15 is 0 Å². The molecule has 0 amide bonds. The highest BCUT2D eigenvalue weighted by atomic mass is 16.3. The van der Waals surface area contributed by atoms with E-state index in [4.69, 9.17) is 0 Å². The molecule has 2 aliphatic rings. The fourth-order valence-electron chi connectivity index (χ4n) is 3.69. The molecule has 2 atom stereocenters. The van der Waals surface area contributed by atoms with Crippen LogP contribution in [-0.4, -0.2) is 34.2 Å². The number of nitrogens with zero attached hydrogens (tertiary/aromatic N) is 1. The van der Waals surface area contributed by atoms with Crippen molar-refractivity contribution in [1.82, 2.24) is 9.88 Å². The summed E-state index contributed by atoms with van der Waals surface area (Å²) in [4.78, 5) is 6.13. The van der Waals surface area contributed by atoms with E-state index in [9.17, 15) is 5.11 Å². The Kier molecular flexibility index (Phi) is 2.72. The quantitative estimate of drug-likeness (QED) is 0.781. The number of H-pyrrole nitrogens is 1. The Hall–Kier alpha value is -1.58. The Bertz CT molecular complexity index is 683. The maximum Gasteiger partial charge on any atom is 0.0734 e. The van der Waals surface area contributed by atoms with E-state index in [0.29, 0.717) is 6.04 Å². The van der Waals surface area contributed by atoms with Gasteiger partial charge in [-0.15, -0.1) is 0 Å².